The summed E-state index contributed by atoms with van der Waals surface area (Å²) >= 11 is 1.65. The summed E-state index contributed by atoms with van der Waals surface area (Å²) in [6, 6.07) is 20.2. The fourth-order valence-corrected chi connectivity index (χ4v) is 3.96. The molecule has 0 spiro atoms. The third kappa shape index (κ3) is 2.85. The Labute approximate surface area is 115 Å². The molecule has 0 radical (unpaired) electrons. The molecule has 0 aliphatic heterocycles. The van der Waals surface area contributed by atoms with Crippen molar-refractivity contribution in [2.45, 2.75) is 15.9 Å². The molecular weight excluding hydrogens is 260 g/mol. The minimum atomic E-state index is -0.957. The minimum absolute atomic E-state index is 0.414. The zero-order chi connectivity index (χ0) is 13.0. The lowest BCUT2D eigenvalue weighted by molar-refractivity contribution is 0.675. The van der Waals surface area contributed by atoms with Crippen LogP contribution >= 0.6 is 11.8 Å². The minimum Gasteiger partial charge on any atom is -0.258 e. The third-order valence-corrected chi connectivity index (χ3v) is 6.32. The maximum Gasteiger partial charge on any atom is 0.117 e. The van der Waals surface area contributed by atoms with Gasteiger partial charge in [0.1, 0.15) is 4.08 Å². The van der Waals surface area contributed by atoms with Crippen molar-refractivity contribution in [1.29, 1.82) is 0 Å². The van der Waals surface area contributed by atoms with Crippen LogP contribution in [0, 0.1) is 0 Å². The summed E-state index contributed by atoms with van der Waals surface area (Å²) in [5, 5.41) is 0. The van der Waals surface area contributed by atoms with Crippen molar-refractivity contribution < 1.29 is 4.21 Å². The number of benzene rings is 2. The largest absolute Gasteiger partial charge is 0.258 e. The Balaban J connectivity index is 2.37. The molecule has 0 saturated carbocycles. The molecule has 0 fully saturated rings. The van der Waals surface area contributed by atoms with Crippen LogP contribution in [-0.4, -0.2) is 10.5 Å². The highest BCUT2D eigenvalue weighted by Crippen LogP contribution is 2.43. The highest BCUT2D eigenvalue weighted by molar-refractivity contribution is 8.11. The Morgan fingerprint density at radius 2 is 1.44 bits per heavy atom. The Kier molecular flexibility index (Phi) is 4.25. The summed E-state index contributed by atoms with van der Waals surface area (Å²) in [6.45, 7) is 2.04. The van der Waals surface area contributed by atoms with Gasteiger partial charge in [-0.05, 0) is 24.6 Å². The van der Waals surface area contributed by atoms with Gasteiger partial charge in [0.15, 0.2) is 0 Å². The van der Waals surface area contributed by atoms with Crippen molar-refractivity contribution in [2.24, 2.45) is 0 Å². The van der Waals surface area contributed by atoms with E-state index >= 15 is 0 Å². The molecule has 2 unspecified atom stereocenters. The molecule has 2 rings (SSSR count). The molecule has 0 aromatic heterocycles. The highest BCUT2D eigenvalue weighted by Gasteiger charge is 2.32. The van der Waals surface area contributed by atoms with Gasteiger partial charge in [-0.2, -0.15) is 0 Å². The lowest BCUT2D eigenvalue weighted by Crippen LogP contribution is -2.22. The predicted octanol–water partition coefficient (Wildman–Crippen LogP) is 4.03. The van der Waals surface area contributed by atoms with Crippen LogP contribution in [-0.2, 0) is 14.9 Å². The van der Waals surface area contributed by atoms with E-state index in [0.29, 0.717) is 0 Å². The van der Waals surface area contributed by atoms with Crippen molar-refractivity contribution in [3.05, 3.63) is 66.2 Å². The van der Waals surface area contributed by atoms with Gasteiger partial charge >= 0.3 is 0 Å². The number of hydrogen-bond donors (Lipinski definition) is 0. The van der Waals surface area contributed by atoms with Crippen LogP contribution in [0.4, 0.5) is 0 Å². The topological polar surface area (TPSA) is 17.1 Å². The molecular formula is C15H16OS2. The van der Waals surface area contributed by atoms with Gasteiger partial charge < -0.3 is 0 Å². The fourth-order valence-electron chi connectivity index (χ4n) is 1.74. The molecule has 0 saturated heterocycles. The van der Waals surface area contributed by atoms with Crippen LogP contribution in [0.5, 0.6) is 0 Å². The lowest BCUT2D eigenvalue weighted by Gasteiger charge is -2.27. The van der Waals surface area contributed by atoms with Crippen molar-refractivity contribution in [3.8, 4) is 0 Å². The fraction of sp³-hybridized carbons (Fsp3) is 0.200. The second kappa shape index (κ2) is 5.72. The van der Waals surface area contributed by atoms with Crippen LogP contribution < -0.4 is 0 Å². The first kappa shape index (κ1) is 13.4. The molecule has 0 heterocycles. The molecule has 2 atom stereocenters. The van der Waals surface area contributed by atoms with Crippen molar-refractivity contribution in [2.75, 3.05) is 6.26 Å². The van der Waals surface area contributed by atoms with Gasteiger partial charge in [0.05, 0.1) is 0 Å². The number of rotatable bonds is 4. The summed E-state index contributed by atoms with van der Waals surface area (Å²) in [5.41, 5.74) is 1.10. The van der Waals surface area contributed by atoms with E-state index in [0.717, 1.165) is 10.5 Å². The van der Waals surface area contributed by atoms with Gasteiger partial charge in [-0.1, -0.05) is 48.5 Å². The summed E-state index contributed by atoms with van der Waals surface area (Å²) in [7, 11) is -0.957. The van der Waals surface area contributed by atoms with Crippen LogP contribution in [0.3, 0.4) is 0 Å². The average Bonchev–Trinajstić information content (AvgIpc) is 2.40. The summed E-state index contributed by atoms with van der Waals surface area (Å²) in [4.78, 5) is 1.14. The van der Waals surface area contributed by atoms with Crippen LogP contribution in [0.1, 0.15) is 12.5 Å². The maximum atomic E-state index is 12.2. The van der Waals surface area contributed by atoms with E-state index in [4.69, 9.17) is 0 Å². The van der Waals surface area contributed by atoms with Gasteiger partial charge in [0, 0.05) is 22.0 Å². The first-order valence-electron chi connectivity index (χ1n) is 5.76. The monoisotopic (exact) mass is 276 g/mol. The molecule has 2 aromatic carbocycles. The molecule has 0 N–H and O–H groups in total. The average molecular weight is 276 g/mol. The van der Waals surface area contributed by atoms with Gasteiger partial charge in [-0.25, -0.2) is 0 Å². The normalized spacial score (nSPS) is 15.9. The molecule has 3 heteroatoms. The van der Waals surface area contributed by atoms with E-state index in [9.17, 15) is 4.21 Å². The Bertz CT molecular complexity index is 525. The number of hydrogen-bond acceptors (Lipinski definition) is 2. The molecule has 1 nitrogen and oxygen atoms in total. The van der Waals surface area contributed by atoms with Crippen molar-refractivity contribution in [3.63, 3.8) is 0 Å². The maximum absolute atomic E-state index is 12.2. The molecule has 0 aliphatic carbocycles. The van der Waals surface area contributed by atoms with Gasteiger partial charge in [0.25, 0.3) is 0 Å². The third-order valence-electron chi connectivity index (χ3n) is 2.90. The first-order valence-corrected chi connectivity index (χ1v) is 8.13. The molecule has 2 aromatic rings. The second-order valence-electron chi connectivity index (χ2n) is 4.18. The Hall–Kier alpha value is -1.06. The predicted molar refractivity (Wildman–Crippen MR) is 80.2 cm³/mol. The van der Waals surface area contributed by atoms with E-state index < -0.39 is 14.9 Å². The highest BCUT2D eigenvalue weighted by atomic mass is 32.2. The van der Waals surface area contributed by atoms with Crippen molar-refractivity contribution >= 4 is 22.6 Å². The quantitative estimate of drug-likeness (QED) is 0.784. The van der Waals surface area contributed by atoms with Crippen LogP contribution in [0.2, 0.25) is 0 Å². The molecule has 0 amide bonds. The smallest absolute Gasteiger partial charge is 0.117 e. The Morgan fingerprint density at radius 1 is 0.944 bits per heavy atom. The molecule has 94 valence electrons. The van der Waals surface area contributed by atoms with E-state index in [1.165, 1.54) is 0 Å². The molecule has 18 heavy (non-hydrogen) atoms. The van der Waals surface area contributed by atoms with E-state index in [1.807, 2.05) is 55.5 Å². The summed E-state index contributed by atoms with van der Waals surface area (Å²) in [5.74, 6) is 0. The zero-order valence-electron chi connectivity index (χ0n) is 10.5. The van der Waals surface area contributed by atoms with E-state index in [-0.39, 0.29) is 0 Å². The van der Waals surface area contributed by atoms with Gasteiger partial charge in [-0.15, -0.1) is 11.8 Å². The SMILES string of the molecule is CS(=O)C(C)(Sc1ccccc1)c1ccccc1. The second-order valence-corrected chi connectivity index (χ2v) is 7.66. The van der Waals surface area contributed by atoms with E-state index in [2.05, 4.69) is 12.1 Å². The molecule has 0 aliphatic rings. The van der Waals surface area contributed by atoms with Crippen LogP contribution in [0.25, 0.3) is 0 Å². The number of thioether (sulfide) groups is 1. The van der Waals surface area contributed by atoms with Crippen molar-refractivity contribution in [1.82, 2.24) is 0 Å². The van der Waals surface area contributed by atoms with E-state index in [1.54, 1.807) is 18.0 Å². The standard InChI is InChI=1S/C15H16OS2/c1-15(18(2)16,13-9-5-3-6-10-13)17-14-11-7-4-8-12-14/h3-12H,1-2H3. The first-order chi connectivity index (χ1) is 8.63. The molecule has 0 bridgehead atoms. The van der Waals surface area contributed by atoms with Gasteiger partial charge in [0.2, 0.25) is 0 Å². The van der Waals surface area contributed by atoms with Gasteiger partial charge in [-0.3, -0.25) is 4.21 Å². The lowest BCUT2D eigenvalue weighted by atomic mass is 10.2. The zero-order valence-corrected chi connectivity index (χ0v) is 12.1. The summed E-state index contributed by atoms with van der Waals surface area (Å²) in [6.07, 6.45) is 1.77. The van der Waals surface area contributed by atoms with Crippen LogP contribution in [0.15, 0.2) is 65.6 Å². The Morgan fingerprint density at radius 3 is 1.94 bits per heavy atom. The summed E-state index contributed by atoms with van der Waals surface area (Å²) < 4.78 is 11.7.